The van der Waals surface area contributed by atoms with Gasteiger partial charge in [0.1, 0.15) is 0 Å². The van der Waals surface area contributed by atoms with Crippen LogP contribution in [0.5, 0.6) is 5.75 Å². The molecule has 2 aromatic heterocycles. The van der Waals surface area contributed by atoms with Gasteiger partial charge in [-0.05, 0) is 0 Å². The third kappa shape index (κ3) is 13.5. The topological polar surface area (TPSA) is 9.23 Å². The van der Waals surface area contributed by atoms with E-state index in [0.29, 0.717) is 0 Å². The first kappa shape index (κ1) is 44.1. The summed E-state index contributed by atoms with van der Waals surface area (Å²) in [6.07, 6.45) is 13.1. The molecule has 0 fully saturated rings. The van der Waals surface area contributed by atoms with E-state index in [0.717, 1.165) is 68.7 Å². The van der Waals surface area contributed by atoms with Gasteiger partial charge in [0.05, 0.1) is 0 Å². The molecule has 1 aliphatic rings. The summed E-state index contributed by atoms with van der Waals surface area (Å²) >= 11 is 5.82. The maximum atomic E-state index is 7.13. The molecule has 2 unspecified atom stereocenters. The molecular formula is C29H58OS2Sn6. The molecule has 38 heavy (non-hydrogen) atoms. The number of rotatable bonds is 14. The number of hydrogen-bond acceptors (Lipinski definition) is 3. The molecule has 3 heterocycles. The van der Waals surface area contributed by atoms with Crippen molar-refractivity contribution in [3.05, 3.63) is 17.7 Å². The number of ether oxygens (including phenoxy) is 1. The van der Waals surface area contributed by atoms with Gasteiger partial charge in [0.25, 0.3) is 0 Å². The molecule has 2 atom stereocenters. The second-order valence-electron chi connectivity index (χ2n) is 11.9. The predicted molar refractivity (Wildman–Crippen MR) is 197 cm³/mol. The van der Waals surface area contributed by atoms with Crippen molar-refractivity contribution in [1.29, 1.82) is 0 Å². The Morgan fingerprint density at radius 1 is 0.684 bits per heavy atom. The zero-order chi connectivity index (χ0) is 24.9. The van der Waals surface area contributed by atoms with Gasteiger partial charge in [0, 0.05) is 0 Å². The molecule has 0 saturated carbocycles. The molecule has 0 N–H and O–H groups in total. The van der Waals surface area contributed by atoms with Crippen LogP contribution in [0.25, 0.3) is 9.75 Å². The van der Waals surface area contributed by atoms with Crippen molar-refractivity contribution in [2.45, 2.75) is 111 Å². The fourth-order valence-corrected chi connectivity index (χ4v) is 11.0. The summed E-state index contributed by atoms with van der Waals surface area (Å²) in [6, 6.07) is 4.94. The van der Waals surface area contributed by atoms with Crippen LogP contribution in [-0.4, -0.2) is 141 Å². The minimum absolute atomic E-state index is 0. The van der Waals surface area contributed by atoms with Crippen molar-refractivity contribution in [2.75, 3.05) is 0 Å². The van der Waals surface area contributed by atoms with Gasteiger partial charge in [0.15, 0.2) is 0 Å². The van der Waals surface area contributed by atoms with Gasteiger partial charge >= 0.3 is 342 Å². The quantitative estimate of drug-likeness (QED) is 0.265. The molecule has 0 spiro atoms. The van der Waals surface area contributed by atoms with Crippen LogP contribution in [0.15, 0.2) is 12.1 Å². The molecule has 0 bridgehead atoms. The second-order valence-corrected chi connectivity index (χ2v) is 21.4. The standard InChI is InChI=1S/C29H44OS2.6Sn.14H/c1-21(2)9-7-11-23(5)13-17-29(18-14-24(6)12-8-10-22(3)4)25-15-19-31-27(25)28-26(30-29)16-20-32-28;;;;;;;;;;;;;;;;;;;;/h15-16,21-24H,7-14,17-18H2,1-6H3;;;;;;;;;;;;;;;;;;;;. The molecule has 0 aliphatic carbocycles. The molecule has 216 valence electrons. The third-order valence-corrected chi connectivity index (χ3v) is 13.3. The Hall–Kier alpha value is 3.99. The summed E-state index contributed by atoms with van der Waals surface area (Å²) in [5, 5.41) is 0. The predicted octanol–water partition coefficient (Wildman–Crippen LogP) is 2.87. The van der Waals surface area contributed by atoms with E-state index in [4.69, 9.17) is 4.74 Å². The summed E-state index contributed by atoms with van der Waals surface area (Å²) < 4.78 is 10.3. The average molecular weight is 1200 g/mol. The van der Waals surface area contributed by atoms with Crippen LogP contribution in [0.2, 0.25) is 0 Å². The monoisotopic (exact) mass is 1210 g/mol. The first-order chi connectivity index (χ1) is 16.1. The van der Waals surface area contributed by atoms with Gasteiger partial charge in [-0.2, -0.15) is 0 Å². The Bertz CT molecular complexity index is 887. The van der Waals surface area contributed by atoms with Crippen molar-refractivity contribution in [3.8, 4) is 15.5 Å². The van der Waals surface area contributed by atoms with Crippen molar-refractivity contribution in [2.24, 2.45) is 23.7 Å². The van der Waals surface area contributed by atoms with Gasteiger partial charge in [0.2, 0.25) is 0 Å². The van der Waals surface area contributed by atoms with E-state index in [9.17, 15) is 0 Å². The average Bonchev–Trinajstić information content (AvgIpc) is 3.32. The molecular weight excluding hydrogens is 1140 g/mol. The molecule has 3 rings (SSSR count). The SMILES string of the molecule is CC(C)CCCC(C)CCC1(CCC(C)CCCC(C)C)Oc2c[c]([SnH2])sc2-c2s[c]([SnH2])cc21.[SnH2].[SnH2].[SnH3].[SnH3]. The molecule has 0 saturated heterocycles. The number of fused-ring (bicyclic) bond motifs is 3. The second kappa shape index (κ2) is 21.7. The summed E-state index contributed by atoms with van der Waals surface area (Å²) in [7, 11) is 0. The number of thiophene rings is 2. The minimum atomic E-state index is -0.107. The first-order valence-corrected chi connectivity index (χ1v) is 19.4. The molecule has 0 amide bonds. The maximum absolute atomic E-state index is 7.13. The fourth-order valence-electron chi connectivity index (χ4n) is 5.36. The molecule has 1 aliphatic heterocycles. The first-order valence-electron chi connectivity index (χ1n) is 13.7. The zero-order valence-corrected chi connectivity index (χ0v) is 55.3. The summed E-state index contributed by atoms with van der Waals surface area (Å²) in [5.41, 5.74) is 1.45. The van der Waals surface area contributed by atoms with Crippen molar-refractivity contribution in [3.63, 3.8) is 0 Å². The van der Waals surface area contributed by atoms with Crippen LogP contribution < -0.4 is 10.5 Å². The van der Waals surface area contributed by atoms with E-state index in [1.54, 1.807) is 16.2 Å². The van der Waals surface area contributed by atoms with Crippen LogP contribution >= 0.6 is 22.7 Å². The molecule has 2 aromatic rings. The summed E-state index contributed by atoms with van der Waals surface area (Å²) in [4.78, 5) is 3.01. The van der Waals surface area contributed by atoms with E-state index in [2.05, 4.69) is 65.0 Å². The molecule has 8 radical (unpaired) electrons. The van der Waals surface area contributed by atoms with Gasteiger partial charge < -0.3 is 0 Å². The van der Waals surface area contributed by atoms with Crippen LogP contribution in [-0.2, 0) is 5.60 Å². The van der Waals surface area contributed by atoms with Crippen molar-refractivity contribution >= 4 is 169 Å². The van der Waals surface area contributed by atoms with E-state index in [1.807, 2.05) is 11.3 Å². The van der Waals surface area contributed by atoms with Crippen LogP contribution in [0.4, 0.5) is 0 Å². The fraction of sp³-hybridized carbons (Fsp3) is 0.724. The number of hydrogen-bond donors (Lipinski definition) is 0. The van der Waals surface area contributed by atoms with Gasteiger partial charge in [-0.1, -0.05) is 0 Å². The van der Waals surface area contributed by atoms with Gasteiger partial charge in [-0.15, -0.1) is 0 Å². The summed E-state index contributed by atoms with van der Waals surface area (Å²) in [5.74, 6) is 4.42. The van der Waals surface area contributed by atoms with E-state index in [1.165, 1.54) is 74.8 Å². The Labute approximate surface area is 336 Å². The Morgan fingerprint density at radius 2 is 1.13 bits per heavy atom. The Balaban J connectivity index is 0. The summed E-state index contributed by atoms with van der Waals surface area (Å²) in [6.45, 7) is 14.4. The van der Waals surface area contributed by atoms with Crippen molar-refractivity contribution in [1.82, 2.24) is 0 Å². The zero-order valence-electron chi connectivity index (χ0n) is 26.1. The Morgan fingerprint density at radius 3 is 1.61 bits per heavy atom. The van der Waals surface area contributed by atoms with E-state index >= 15 is 0 Å². The molecule has 0 aromatic carbocycles. The van der Waals surface area contributed by atoms with Crippen LogP contribution in [0.3, 0.4) is 0 Å². The third-order valence-electron chi connectivity index (χ3n) is 7.57. The molecule has 9 heteroatoms. The van der Waals surface area contributed by atoms with Gasteiger partial charge in [-0.25, -0.2) is 0 Å². The molecule has 1 nitrogen and oxygen atoms in total. The van der Waals surface area contributed by atoms with Crippen LogP contribution in [0, 0.1) is 23.7 Å². The van der Waals surface area contributed by atoms with E-state index in [-0.39, 0.29) is 101 Å². The van der Waals surface area contributed by atoms with Crippen LogP contribution in [0.1, 0.15) is 111 Å². The van der Waals surface area contributed by atoms with Crippen molar-refractivity contribution < 1.29 is 4.74 Å². The van der Waals surface area contributed by atoms with E-state index < -0.39 is 0 Å². The van der Waals surface area contributed by atoms with Gasteiger partial charge in [-0.3, -0.25) is 0 Å². The normalized spacial score (nSPS) is 17.2. The Kier molecular flexibility index (Phi) is 25.2.